The lowest BCUT2D eigenvalue weighted by Crippen LogP contribution is -2.36. The Kier molecular flexibility index (Phi) is 3.27. The fourth-order valence-electron chi connectivity index (χ4n) is 2.84. The van der Waals surface area contributed by atoms with Gasteiger partial charge >= 0.3 is 0 Å². The molecule has 0 amide bonds. The summed E-state index contributed by atoms with van der Waals surface area (Å²) < 4.78 is 13.2. The highest BCUT2D eigenvalue weighted by Crippen LogP contribution is 2.27. The molecule has 0 aromatic heterocycles. The maximum absolute atomic E-state index is 13.2. The third-order valence-electron chi connectivity index (χ3n) is 4.13. The van der Waals surface area contributed by atoms with Gasteiger partial charge in [-0.3, -0.25) is 10.3 Å². The molecule has 1 N–H and O–H groups in total. The van der Waals surface area contributed by atoms with Gasteiger partial charge in [0.25, 0.3) is 0 Å². The fraction of sp³-hybridized carbons (Fsp3) is 0.533. The Hall–Kier alpha value is -1.42. The Bertz CT molecular complexity index is 496. The minimum Gasteiger partial charge on any atom is -0.351 e. The highest BCUT2D eigenvalue weighted by molar-refractivity contribution is 6.00. The van der Waals surface area contributed by atoms with Gasteiger partial charge in [0.2, 0.25) is 0 Å². The molecule has 4 heteroatoms. The molecule has 0 radical (unpaired) electrons. The summed E-state index contributed by atoms with van der Waals surface area (Å²) in [7, 11) is 0. The predicted octanol–water partition coefficient (Wildman–Crippen LogP) is 2.45. The average molecular weight is 261 g/mol. The number of amidine groups is 1. The molecule has 19 heavy (non-hydrogen) atoms. The lowest BCUT2D eigenvalue weighted by molar-refractivity contribution is 0.248. The van der Waals surface area contributed by atoms with Crippen LogP contribution in [0.1, 0.15) is 30.9 Å². The van der Waals surface area contributed by atoms with Crippen molar-refractivity contribution in [1.29, 1.82) is 5.41 Å². The monoisotopic (exact) mass is 261 g/mol. The number of rotatable bonds is 5. The van der Waals surface area contributed by atoms with Crippen molar-refractivity contribution >= 4 is 5.84 Å². The second-order valence-electron chi connectivity index (χ2n) is 5.43. The molecule has 1 saturated carbocycles. The van der Waals surface area contributed by atoms with Crippen molar-refractivity contribution in [2.45, 2.75) is 32.4 Å². The van der Waals surface area contributed by atoms with Crippen LogP contribution in [0.15, 0.2) is 18.2 Å². The Morgan fingerprint density at radius 2 is 2.21 bits per heavy atom. The van der Waals surface area contributed by atoms with Gasteiger partial charge in [-0.25, -0.2) is 4.39 Å². The zero-order valence-corrected chi connectivity index (χ0v) is 11.3. The topological polar surface area (TPSA) is 30.3 Å². The number of likely N-dealkylation sites (N-methyl/N-ethyl adjacent to an activating group) is 1. The van der Waals surface area contributed by atoms with Crippen LogP contribution < -0.4 is 0 Å². The van der Waals surface area contributed by atoms with Crippen LogP contribution in [0, 0.1) is 11.2 Å². The molecule has 1 heterocycles. The maximum atomic E-state index is 13.2. The number of benzene rings is 1. The standard InChI is InChI=1S/C15H20FN3/c1-2-18(13-5-6-13)7-8-19-10-11-3-4-12(16)9-14(11)15(19)17/h3-4,9,13,17H,2,5-8,10H2,1H3. The van der Waals surface area contributed by atoms with Crippen LogP contribution in [0.2, 0.25) is 0 Å². The van der Waals surface area contributed by atoms with Gasteiger partial charge in [0.05, 0.1) is 0 Å². The molecule has 3 rings (SSSR count). The highest BCUT2D eigenvalue weighted by Gasteiger charge is 2.29. The summed E-state index contributed by atoms with van der Waals surface area (Å²) in [5.41, 5.74) is 1.83. The molecule has 1 aliphatic heterocycles. The largest absolute Gasteiger partial charge is 0.351 e. The molecule has 1 aliphatic carbocycles. The minimum atomic E-state index is -0.251. The Morgan fingerprint density at radius 1 is 1.42 bits per heavy atom. The molecule has 0 bridgehead atoms. The van der Waals surface area contributed by atoms with E-state index in [1.807, 2.05) is 0 Å². The van der Waals surface area contributed by atoms with Crippen molar-refractivity contribution in [3.63, 3.8) is 0 Å². The van der Waals surface area contributed by atoms with Crippen molar-refractivity contribution < 1.29 is 4.39 Å². The molecular weight excluding hydrogens is 241 g/mol. The quantitative estimate of drug-likeness (QED) is 0.882. The van der Waals surface area contributed by atoms with Crippen molar-refractivity contribution in [3.05, 3.63) is 35.1 Å². The molecule has 1 aromatic rings. The summed E-state index contributed by atoms with van der Waals surface area (Å²) in [5.74, 6) is 0.222. The number of hydrogen-bond acceptors (Lipinski definition) is 2. The minimum absolute atomic E-state index is 0.251. The van der Waals surface area contributed by atoms with Crippen LogP contribution in [0.3, 0.4) is 0 Å². The Balaban J connectivity index is 1.63. The molecule has 1 aromatic carbocycles. The van der Waals surface area contributed by atoms with E-state index < -0.39 is 0 Å². The number of nitrogens with zero attached hydrogens (tertiary/aromatic N) is 2. The van der Waals surface area contributed by atoms with Gasteiger partial charge in [0, 0.05) is 31.2 Å². The summed E-state index contributed by atoms with van der Waals surface area (Å²) in [6.45, 7) is 5.88. The van der Waals surface area contributed by atoms with Crippen molar-refractivity contribution in [1.82, 2.24) is 9.80 Å². The Labute approximate surface area is 113 Å². The normalized spacial score (nSPS) is 18.3. The van der Waals surface area contributed by atoms with E-state index in [2.05, 4.69) is 16.7 Å². The van der Waals surface area contributed by atoms with E-state index in [0.29, 0.717) is 5.84 Å². The van der Waals surface area contributed by atoms with Crippen LogP contribution in [0.4, 0.5) is 4.39 Å². The second-order valence-corrected chi connectivity index (χ2v) is 5.43. The van der Waals surface area contributed by atoms with Crippen LogP contribution in [0.25, 0.3) is 0 Å². The van der Waals surface area contributed by atoms with Crippen LogP contribution in [-0.2, 0) is 6.54 Å². The third-order valence-corrected chi connectivity index (χ3v) is 4.13. The first-order chi connectivity index (χ1) is 9.19. The molecule has 0 spiro atoms. The maximum Gasteiger partial charge on any atom is 0.128 e. The van der Waals surface area contributed by atoms with Gasteiger partial charge in [-0.2, -0.15) is 0 Å². The van der Waals surface area contributed by atoms with Gasteiger partial charge in [-0.15, -0.1) is 0 Å². The van der Waals surface area contributed by atoms with Gasteiger partial charge in [0.1, 0.15) is 11.7 Å². The summed E-state index contributed by atoms with van der Waals surface area (Å²) in [6.07, 6.45) is 2.63. The zero-order chi connectivity index (χ0) is 13.4. The van der Waals surface area contributed by atoms with Gasteiger partial charge in [-0.05, 0) is 37.1 Å². The fourth-order valence-corrected chi connectivity index (χ4v) is 2.84. The number of halogens is 1. The summed E-state index contributed by atoms with van der Waals surface area (Å²) in [6, 6.07) is 5.54. The number of nitrogens with one attached hydrogen (secondary N) is 1. The molecule has 2 aliphatic rings. The average Bonchev–Trinajstić information content (AvgIpc) is 3.19. The van der Waals surface area contributed by atoms with Crippen LogP contribution in [0.5, 0.6) is 0 Å². The molecular formula is C15H20FN3. The molecule has 0 saturated heterocycles. The molecule has 1 fully saturated rings. The third kappa shape index (κ3) is 2.50. The highest BCUT2D eigenvalue weighted by atomic mass is 19.1. The van der Waals surface area contributed by atoms with Gasteiger partial charge in [0.15, 0.2) is 0 Å². The number of fused-ring (bicyclic) bond motifs is 1. The molecule has 0 atom stereocenters. The molecule has 102 valence electrons. The van der Waals surface area contributed by atoms with Crippen molar-refractivity contribution in [2.24, 2.45) is 0 Å². The van der Waals surface area contributed by atoms with E-state index in [9.17, 15) is 4.39 Å². The smallest absolute Gasteiger partial charge is 0.128 e. The van der Waals surface area contributed by atoms with Gasteiger partial charge in [-0.1, -0.05) is 13.0 Å². The first-order valence-electron chi connectivity index (χ1n) is 7.05. The summed E-state index contributed by atoms with van der Waals surface area (Å²) >= 11 is 0. The lowest BCUT2D eigenvalue weighted by atomic mass is 10.1. The van der Waals surface area contributed by atoms with Gasteiger partial charge < -0.3 is 4.90 Å². The molecule has 3 nitrogen and oxygen atoms in total. The zero-order valence-electron chi connectivity index (χ0n) is 11.3. The van der Waals surface area contributed by atoms with Crippen LogP contribution >= 0.6 is 0 Å². The van der Waals surface area contributed by atoms with E-state index in [1.54, 1.807) is 6.07 Å². The molecule has 0 unspecified atom stereocenters. The van der Waals surface area contributed by atoms with E-state index in [4.69, 9.17) is 5.41 Å². The predicted molar refractivity (Wildman–Crippen MR) is 73.9 cm³/mol. The van der Waals surface area contributed by atoms with E-state index in [-0.39, 0.29) is 5.82 Å². The van der Waals surface area contributed by atoms with E-state index in [0.717, 1.165) is 43.3 Å². The van der Waals surface area contributed by atoms with E-state index >= 15 is 0 Å². The first kappa shape index (κ1) is 12.6. The summed E-state index contributed by atoms with van der Waals surface area (Å²) in [5, 5.41) is 8.15. The number of hydrogen-bond donors (Lipinski definition) is 1. The van der Waals surface area contributed by atoms with Crippen molar-refractivity contribution in [3.8, 4) is 0 Å². The SMILES string of the molecule is CCN(CCN1Cc2ccc(F)cc2C1=N)C1CC1. The van der Waals surface area contributed by atoms with E-state index in [1.165, 1.54) is 25.0 Å². The second kappa shape index (κ2) is 4.93. The summed E-state index contributed by atoms with van der Waals surface area (Å²) in [4.78, 5) is 4.53. The lowest BCUT2D eigenvalue weighted by Gasteiger charge is -2.24. The van der Waals surface area contributed by atoms with Crippen molar-refractivity contribution in [2.75, 3.05) is 19.6 Å². The Morgan fingerprint density at radius 3 is 2.89 bits per heavy atom. The van der Waals surface area contributed by atoms with Crippen LogP contribution in [-0.4, -0.2) is 41.3 Å². The first-order valence-corrected chi connectivity index (χ1v) is 7.05.